The van der Waals surface area contributed by atoms with Gasteiger partial charge in [0.25, 0.3) is 0 Å². The van der Waals surface area contributed by atoms with Crippen LogP contribution in [-0.2, 0) is 5.41 Å². The fraction of sp³-hybridized carbons (Fsp3) is 0.0159. The maximum atomic E-state index is 2.51. The van der Waals surface area contributed by atoms with Gasteiger partial charge in [-0.05, 0) is 166 Å². The van der Waals surface area contributed by atoms with Gasteiger partial charge in [0, 0.05) is 0 Å². The third-order valence-corrected chi connectivity index (χ3v) is 15.0. The van der Waals surface area contributed by atoms with Gasteiger partial charge in [-0.2, -0.15) is 0 Å². The first kappa shape index (κ1) is 33.6. The minimum Gasteiger partial charge on any atom is -0.0619 e. The van der Waals surface area contributed by atoms with E-state index in [2.05, 4.69) is 218 Å². The summed E-state index contributed by atoms with van der Waals surface area (Å²) < 4.78 is 0. The van der Waals surface area contributed by atoms with Crippen LogP contribution in [0.2, 0.25) is 0 Å². The summed E-state index contributed by atoms with van der Waals surface area (Å²) in [6.45, 7) is 0. The summed E-state index contributed by atoms with van der Waals surface area (Å²) >= 11 is 0. The summed E-state index contributed by atoms with van der Waals surface area (Å²) in [6.07, 6.45) is 0. The molecule has 1 spiro atoms. The van der Waals surface area contributed by atoms with Gasteiger partial charge in [-0.1, -0.05) is 194 Å². The van der Waals surface area contributed by atoms with Crippen LogP contribution in [0.25, 0.3) is 120 Å². The van der Waals surface area contributed by atoms with Crippen molar-refractivity contribution in [2.24, 2.45) is 0 Å². The third-order valence-electron chi connectivity index (χ3n) is 15.0. The molecule has 0 heterocycles. The molecule has 13 aromatic carbocycles. The molecule has 63 heavy (non-hydrogen) atoms. The summed E-state index contributed by atoms with van der Waals surface area (Å²) in [4.78, 5) is 0. The molecule has 0 atom stereocenters. The van der Waals surface area contributed by atoms with Crippen LogP contribution >= 0.6 is 0 Å². The summed E-state index contributed by atoms with van der Waals surface area (Å²) in [5, 5.41) is 18.1. The highest BCUT2D eigenvalue weighted by atomic mass is 14.5. The standard InChI is InChI=1S/C63H36/c1-2-16-38-33-39(32-31-37(38)15-1)51-35-53-43-20-5-6-21-44(43)54(36-55(53)42-19-4-3-18-41(42)51)52-34-40-17-13-26-49-59(40)60-47(52)25-14-27-50(60)62-61(49)48-24-9-12-30-58(48)63(62)56-28-10-7-22-45(56)46-23-8-11-29-57(46)63/h1-36H. The minimum absolute atomic E-state index is 0.444. The van der Waals surface area contributed by atoms with Crippen LogP contribution in [0.4, 0.5) is 0 Å². The molecule has 0 heteroatoms. The minimum atomic E-state index is -0.444. The van der Waals surface area contributed by atoms with E-state index in [9.17, 15) is 0 Å². The Morgan fingerprint density at radius 1 is 0.238 bits per heavy atom. The van der Waals surface area contributed by atoms with Gasteiger partial charge in [0.15, 0.2) is 0 Å². The van der Waals surface area contributed by atoms with Gasteiger partial charge in [0.1, 0.15) is 0 Å². The summed E-state index contributed by atoms with van der Waals surface area (Å²) in [7, 11) is 0. The largest absolute Gasteiger partial charge is 0.0731 e. The Hall–Kier alpha value is -8.06. The molecular formula is C63H36. The lowest BCUT2D eigenvalue weighted by Gasteiger charge is -2.32. The zero-order valence-electron chi connectivity index (χ0n) is 34.3. The predicted molar refractivity (Wildman–Crippen MR) is 267 cm³/mol. The van der Waals surface area contributed by atoms with Crippen LogP contribution in [0, 0.1) is 0 Å². The van der Waals surface area contributed by atoms with Crippen LogP contribution in [-0.4, -0.2) is 0 Å². The van der Waals surface area contributed by atoms with E-state index in [1.165, 1.54) is 142 Å². The SMILES string of the molecule is c1ccc2c(c1)-c1ccccc1C21c2ccccc2-c2c1c1cccc3c(-c4cc5c6ccccc6c(-c6ccc7ccccc7c6)cc5c5ccccc45)cc4cccc2c4c31. The van der Waals surface area contributed by atoms with E-state index in [1.54, 1.807) is 0 Å². The molecule has 0 aliphatic heterocycles. The summed E-state index contributed by atoms with van der Waals surface area (Å²) in [5.41, 5.74) is 15.5. The lowest BCUT2D eigenvalue weighted by molar-refractivity contribution is 0.802. The molecule has 0 saturated carbocycles. The molecule has 0 fully saturated rings. The lowest BCUT2D eigenvalue weighted by Crippen LogP contribution is -2.26. The molecule has 0 amide bonds. The van der Waals surface area contributed by atoms with Crippen molar-refractivity contribution < 1.29 is 0 Å². The Labute approximate surface area is 364 Å². The van der Waals surface area contributed by atoms with Crippen molar-refractivity contribution in [1.82, 2.24) is 0 Å². The maximum absolute atomic E-state index is 2.51. The molecule has 0 aromatic heterocycles. The lowest BCUT2D eigenvalue weighted by atomic mass is 9.68. The molecule has 2 aliphatic carbocycles. The Bertz CT molecular complexity index is 4100. The summed E-state index contributed by atoms with van der Waals surface area (Å²) in [5.74, 6) is 0. The smallest absolute Gasteiger partial charge is 0.0619 e. The molecule has 0 N–H and O–H groups in total. The molecule has 0 unspecified atom stereocenters. The van der Waals surface area contributed by atoms with E-state index >= 15 is 0 Å². The van der Waals surface area contributed by atoms with Crippen LogP contribution < -0.4 is 0 Å². The Balaban J connectivity index is 1.07. The molecular weight excluding hydrogens is 757 g/mol. The van der Waals surface area contributed by atoms with E-state index in [-0.39, 0.29) is 0 Å². The highest BCUT2D eigenvalue weighted by Gasteiger charge is 2.53. The van der Waals surface area contributed by atoms with Crippen LogP contribution in [0.15, 0.2) is 218 Å². The quantitative estimate of drug-likeness (QED) is 0.153. The van der Waals surface area contributed by atoms with Crippen molar-refractivity contribution in [2.45, 2.75) is 5.41 Å². The first-order valence-electron chi connectivity index (χ1n) is 22.2. The van der Waals surface area contributed by atoms with E-state index in [0.29, 0.717) is 0 Å². The Kier molecular flexibility index (Phi) is 6.44. The van der Waals surface area contributed by atoms with Gasteiger partial charge in [-0.15, -0.1) is 0 Å². The molecule has 0 radical (unpaired) electrons. The van der Waals surface area contributed by atoms with E-state index in [0.717, 1.165) is 0 Å². The number of fused-ring (bicyclic) bond motifs is 18. The highest BCUT2D eigenvalue weighted by molar-refractivity contribution is 6.33. The van der Waals surface area contributed by atoms with Gasteiger partial charge >= 0.3 is 0 Å². The predicted octanol–water partition coefficient (Wildman–Crippen LogP) is 16.9. The molecule has 0 saturated heterocycles. The molecule has 288 valence electrons. The van der Waals surface area contributed by atoms with Crippen molar-refractivity contribution in [3.05, 3.63) is 241 Å². The average Bonchev–Trinajstić information content (AvgIpc) is 3.83. The number of rotatable bonds is 2. The third kappa shape index (κ3) is 4.16. The van der Waals surface area contributed by atoms with Crippen molar-refractivity contribution in [2.75, 3.05) is 0 Å². The second kappa shape index (κ2) is 12.1. The normalized spacial score (nSPS) is 13.5. The molecule has 2 aliphatic rings. The van der Waals surface area contributed by atoms with Crippen LogP contribution in [0.3, 0.4) is 0 Å². The average molecular weight is 793 g/mol. The van der Waals surface area contributed by atoms with Crippen LogP contribution in [0.5, 0.6) is 0 Å². The molecule has 13 aromatic rings. The van der Waals surface area contributed by atoms with Crippen molar-refractivity contribution in [3.8, 4) is 44.5 Å². The fourth-order valence-corrected chi connectivity index (χ4v) is 12.6. The molecule has 15 rings (SSSR count). The number of hydrogen-bond acceptors (Lipinski definition) is 0. The number of hydrogen-bond donors (Lipinski definition) is 0. The second-order valence-corrected chi connectivity index (χ2v) is 17.8. The van der Waals surface area contributed by atoms with Gasteiger partial charge < -0.3 is 0 Å². The van der Waals surface area contributed by atoms with Crippen LogP contribution in [0.1, 0.15) is 22.3 Å². The first-order chi connectivity index (χ1) is 31.3. The van der Waals surface area contributed by atoms with Crippen molar-refractivity contribution >= 4 is 75.4 Å². The monoisotopic (exact) mass is 792 g/mol. The van der Waals surface area contributed by atoms with Crippen molar-refractivity contribution in [3.63, 3.8) is 0 Å². The zero-order valence-corrected chi connectivity index (χ0v) is 34.3. The number of benzene rings is 13. The maximum Gasteiger partial charge on any atom is 0.0731 e. The fourth-order valence-electron chi connectivity index (χ4n) is 12.6. The molecule has 0 bridgehead atoms. The highest BCUT2D eigenvalue weighted by Crippen LogP contribution is 2.66. The topological polar surface area (TPSA) is 0 Å². The molecule has 0 nitrogen and oxygen atoms in total. The van der Waals surface area contributed by atoms with Crippen molar-refractivity contribution in [1.29, 1.82) is 0 Å². The van der Waals surface area contributed by atoms with E-state index in [4.69, 9.17) is 0 Å². The zero-order chi connectivity index (χ0) is 41.0. The van der Waals surface area contributed by atoms with Gasteiger partial charge in [0.2, 0.25) is 0 Å². The first-order valence-corrected chi connectivity index (χ1v) is 22.2. The van der Waals surface area contributed by atoms with Gasteiger partial charge in [-0.25, -0.2) is 0 Å². The van der Waals surface area contributed by atoms with Gasteiger partial charge in [-0.3, -0.25) is 0 Å². The Morgan fingerprint density at radius 3 is 1.46 bits per heavy atom. The van der Waals surface area contributed by atoms with E-state index < -0.39 is 5.41 Å². The Morgan fingerprint density at radius 2 is 0.730 bits per heavy atom. The summed E-state index contributed by atoms with van der Waals surface area (Å²) in [6, 6.07) is 82.9. The van der Waals surface area contributed by atoms with E-state index in [1.807, 2.05) is 0 Å². The van der Waals surface area contributed by atoms with Gasteiger partial charge in [0.05, 0.1) is 5.41 Å². The second-order valence-electron chi connectivity index (χ2n) is 17.8.